The minimum atomic E-state index is -0.347. The van der Waals surface area contributed by atoms with Crippen molar-refractivity contribution in [3.05, 3.63) is 47.4 Å². The number of hydrogen-bond acceptors (Lipinski definition) is 5. The molecular weight excluding hydrogens is 336 g/mol. The molecule has 0 atom stereocenters. The van der Waals surface area contributed by atoms with Crippen molar-refractivity contribution in [1.29, 1.82) is 0 Å². The summed E-state index contributed by atoms with van der Waals surface area (Å²) >= 11 is 1.39. The van der Waals surface area contributed by atoms with E-state index in [1.54, 1.807) is 19.1 Å². The molecule has 0 aliphatic carbocycles. The summed E-state index contributed by atoms with van der Waals surface area (Å²) in [5.41, 5.74) is 1.72. The van der Waals surface area contributed by atoms with Crippen LogP contribution in [-0.2, 0) is 4.79 Å². The van der Waals surface area contributed by atoms with Crippen LogP contribution in [0.15, 0.2) is 35.4 Å². The zero-order chi connectivity index (χ0) is 18.4. The second-order valence-corrected chi connectivity index (χ2v) is 6.60. The Hall–Kier alpha value is -2.41. The van der Waals surface area contributed by atoms with Gasteiger partial charge >= 0.3 is 0 Å². The maximum atomic E-state index is 12.5. The van der Waals surface area contributed by atoms with Crippen molar-refractivity contribution >= 4 is 29.3 Å². The molecule has 0 aliphatic rings. The van der Waals surface area contributed by atoms with E-state index in [9.17, 15) is 9.59 Å². The summed E-state index contributed by atoms with van der Waals surface area (Å²) in [5.74, 6) is 0.251. The van der Waals surface area contributed by atoms with E-state index < -0.39 is 0 Å². The van der Waals surface area contributed by atoms with Crippen molar-refractivity contribution < 1.29 is 9.59 Å². The van der Waals surface area contributed by atoms with Crippen LogP contribution in [0.2, 0.25) is 0 Å². The number of carbonyl (C=O) groups is 2. The zero-order valence-electron chi connectivity index (χ0n) is 14.8. The number of thioether (sulfide) groups is 1. The van der Waals surface area contributed by atoms with E-state index in [-0.39, 0.29) is 24.3 Å². The van der Waals surface area contributed by atoms with Gasteiger partial charge in [-0.2, -0.15) is 0 Å². The maximum absolute atomic E-state index is 12.5. The first-order chi connectivity index (χ1) is 11.9. The Morgan fingerprint density at radius 3 is 2.44 bits per heavy atom. The van der Waals surface area contributed by atoms with Crippen molar-refractivity contribution in [1.82, 2.24) is 15.3 Å². The molecule has 2 N–H and O–H groups in total. The normalized spacial score (nSPS) is 10.6. The number of aromatic nitrogens is 2. The number of amides is 2. The summed E-state index contributed by atoms with van der Waals surface area (Å²) in [6.45, 7) is 5.68. The van der Waals surface area contributed by atoms with Crippen LogP contribution in [-0.4, -0.2) is 34.6 Å². The Bertz CT molecular complexity index is 763. The average molecular weight is 358 g/mol. The minimum absolute atomic E-state index is 0.118. The van der Waals surface area contributed by atoms with Crippen LogP contribution in [0.25, 0.3) is 0 Å². The molecule has 0 saturated heterocycles. The van der Waals surface area contributed by atoms with Gasteiger partial charge in [0.15, 0.2) is 0 Å². The zero-order valence-corrected chi connectivity index (χ0v) is 15.6. The van der Waals surface area contributed by atoms with Crippen molar-refractivity contribution in [2.75, 3.05) is 18.1 Å². The summed E-state index contributed by atoms with van der Waals surface area (Å²) < 4.78 is 0. The van der Waals surface area contributed by atoms with Gasteiger partial charge in [-0.15, -0.1) is 11.8 Å². The molecule has 132 valence electrons. The van der Waals surface area contributed by atoms with Crippen LogP contribution < -0.4 is 10.6 Å². The van der Waals surface area contributed by atoms with Crippen molar-refractivity contribution in [3.8, 4) is 0 Å². The molecule has 0 fully saturated rings. The van der Waals surface area contributed by atoms with Gasteiger partial charge in [-0.25, -0.2) is 9.97 Å². The monoisotopic (exact) mass is 358 g/mol. The second-order valence-electron chi connectivity index (χ2n) is 5.80. The predicted molar refractivity (Wildman–Crippen MR) is 100 cm³/mol. The van der Waals surface area contributed by atoms with Crippen LogP contribution in [0, 0.1) is 6.92 Å². The van der Waals surface area contributed by atoms with E-state index in [1.807, 2.05) is 38.3 Å². The smallest absolute Gasteiger partial charge is 0.256 e. The number of anilines is 1. The molecule has 1 aromatic heterocycles. The van der Waals surface area contributed by atoms with Gasteiger partial charge in [0.25, 0.3) is 5.91 Å². The molecule has 2 aromatic rings. The maximum Gasteiger partial charge on any atom is 0.256 e. The van der Waals surface area contributed by atoms with Crippen molar-refractivity contribution in [3.63, 3.8) is 0 Å². The predicted octanol–water partition coefficient (Wildman–Crippen LogP) is 3.00. The van der Waals surface area contributed by atoms with E-state index in [0.29, 0.717) is 27.8 Å². The Labute approximate surface area is 151 Å². The van der Waals surface area contributed by atoms with Crippen LogP contribution in [0.4, 0.5) is 5.69 Å². The lowest BCUT2D eigenvalue weighted by Crippen LogP contribution is -2.34. The van der Waals surface area contributed by atoms with Gasteiger partial charge in [0.2, 0.25) is 5.91 Å². The number of benzene rings is 1. The fraction of sp³-hybridized carbons (Fsp3) is 0.333. The van der Waals surface area contributed by atoms with Gasteiger partial charge in [0.05, 0.1) is 17.8 Å². The lowest BCUT2D eigenvalue weighted by Gasteiger charge is -2.13. The lowest BCUT2D eigenvalue weighted by molar-refractivity contribution is -0.115. The van der Waals surface area contributed by atoms with Gasteiger partial charge in [-0.3, -0.25) is 9.59 Å². The molecule has 1 aromatic carbocycles. The summed E-state index contributed by atoms with van der Waals surface area (Å²) in [5, 5.41) is 5.99. The number of nitrogens with one attached hydrogen (secondary N) is 2. The quantitative estimate of drug-likeness (QED) is 0.613. The second kappa shape index (κ2) is 8.62. The highest BCUT2D eigenvalue weighted by Crippen LogP contribution is 2.23. The molecule has 0 saturated carbocycles. The third kappa shape index (κ3) is 5.03. The van der Waals surface area contributed by atoms with E-state index in [1.165, 1.54) is 11.8 Å². The Balaban J connectivity index is 2.06. The number of aryl methyl sites for hydroxylation is 1. The van der Waals surface area contributed by atoms with Crippen molar-refractivity contribution in [2.24, 2.45) is 0 Å². The fourth-order valence-corrected chi connectivity index (χ4v) is 2.84. The number of para-hydroxylation sites is 1. The third-order valence-corrected chi connectivity index (χ3v) is 4.16. The van der Waals surface area contributed by atoms with Crippen LogP contribution in [0.1, 0.15) is 41.6 Å². The molecule has 6 nitrogen and oxygen atoms in total. The van der Waals surface area contributed by atoms with E-state index in [0.717, 1.165) is 0 Å². The minimum Gasteiger partial charge on any atom is -0.343 e. The SMILES string of the molecule is CSc1nc(C(C)C)nc(C)c1C(=O)NCC(=O)Nc1ccccc1. The summed E-state index contributed by atoms with van der Waals surface area (Å²) in [4.78, 5) is 33.3. The standard InChI is InChI=1S/C18H22N4O2S/c1-11(2)16-20-12(3)15(18(22-16)25-4)17(24)19-10-14(23)21-13-8-6-5-7-9-13/h5-9,11H,10H2,1-4H3,(H,19,24)(H,21,23). The molecule has 2 amide bonds. The lowest BCUT2D eigenvalue weighted by atomic mass is 10.1. The first-order valence-corrected chi connectivity index (χ1v) is 9.20. The topological polar surface area (TPSA) is 84.0 Å². The summed E-state index contributed by atoms with van der Waals surface area (Å²) in [6, 6.07) is 9.10. The van der Waals surface area contributed by atoms with Gasteiger partial charge < -0.3 is 10.6 Å². The van der Waals surface area contributed by atoms with Crippen LogP contribution in [0.5, 0.6) is 0 Å². The largest absolute Gasteiger partial charge is 0.343 e. The first kappa shape index (κ1) is 18.9. The van der Waals surface area contributed by atoms with E-state index >= 15 is 0 Å². The third-order valence-electron chi connectivity index (χ3n) is 3.48. The molecule has 0 unspecified atom stereocenters. The molecule has 25 heavy (non-hydrogen) atoms. The van der Waals surface area contributed by atoms with Gasteiger partial charge in [-0.05, 0) is 25.3 Å². The molecule has 7 heteroatoms. The first-order valence-electron chi connectivity index (χ1n) is 7.98. The van der Waals surface area contributed by atoms with Gasteiger partial charge in [0.1, 0.15) is 10.9 Å². The Morgan fingerprint density at radius 1 is 1.16 bits per heavy atom. The Kier molecular flexibility index (Phi) is 6.52. The number of nitrogens with zero attached hydrogens (tertiary/aromatic N) is 2. The summed E-state index contributed by atoms with van der Waals surface area (Å²) in [6.07, 6.45) is 1.87. The number of hydrogen-bond donors (Lipinski definition) is 2. The van der Waals surface area contributed by atoms with E-state index in [4.69, 9.17) is 0 Å². The van der Waals surface area contributed by atoms with Crippen LogP contribution >= 0.6 is 11.8 Å². The molecule has 0 aliphatic heterocycles. The summed E-state index contributed by atoms with van der Waals surface area (Å²) in [7, 11) is 0. The molecule has 1 heterocycles. The molecule has 2 rings (SSSR count). The number of carbonyl (C=O) groups excluding carboxylic acids is 2. The van der Waals surface area contributed by atoms with Gasteiger partial charge in [0, 0.05) is 11.6 Å². The van der Waals surface area contributed by atoms with Gasteiger partial charge in [-0.1, -0.05) is 32.0 Å². The molecule has 0 bridgehead atoms. The molecule has 0 radical (unpaired) electrons. The Morgan fingerprint density at radius 2 is 1.84 bits per heavy atom. The molecular formula is C18H22N4O2S. The highest BCUT2D eigenvalue weighted by atomic mass is 32.2. The van der Waals surface area contributed by atoms with Crippen LogP contribution in [0.3, 0.4) is 0 Å². The highest BCUT2D eigenvalue weighted by Gasteiger charge is 2.19. The van der Waals surface area contributed by atoms with Crippen molar-refractivity contribution in [2.45, 2.75) is 31.7 Å². The average Bonchev–Trinajstić information content (AvgIpc) is 2.59. The highest BCUT2D eigenvalue weighted by molar-refractivity contribution is 7.98. The molecule has 0 spiro atoms. The fourth-order valence-electron chi connectivity index (χ4n) is 2.21. The number of rotatable bonds is 6. The van der Waals surface area contributed by atoms with E-state index in [2.05, 4.69) is 20.6 Å².